The van der Waals surface area contributed by atoms with Crippen LogP contribution < -0.4 is 0 Å². The Balaban J connectivity index is 1.94. The number of carbonyl (C=O) groups excluding carboxylic acids is 3. The third-order valence-corrected chi connectivity index (χ3v) is 7.45. The van der Waals surface area contributed by atoms with Gasteiger partial charge < -0.3 is 24.1 Å². The van der Waals surface area contributed by atoms with E-state index in [-0.39, 0.29) is 37.4 Å². The average Bonchev–Trinajstić information content (AvgIpc) is 2.93. The van der Waals surface area contributed by atoms with Gasteiger partial charge in [0.05, 0.1) is 6.61 Å². The zero-order valence-corrected chi connectivity index (χ0v) is 20.8. The molecule has 1 N–H and O–H groups in total. The third kappa shape index (κ3) is 4.91. The van der Waals surface area contributed by atoms with Crippen LogP contribution in [0.3, 0.4) is 0 Å². The van der Waals surface area contributed by atoms with E-state index in [4.69, 9.17) is 24.1 Å². The zero-order chi connectivity index (χ0) is 25.9. The molecule has 0 spiro atoms. The fourth-order valence-electron chi connectivity index (χ4n) is 5.75. The Hall–Kier alpha value is -2.94. The van der Waals surface area contributed by atoms with Crippen molar-refractivity contribution >= 4 is 23.9 Å². The van der Waals surface area contributed by atoms with Gasteiger partial charge in [-0.25, -0.2) is 9.59 Å². The molecule has 9 nitrogen and oxygen atoms in total. The zero-order valence-electron chi connectivity index (χ0n) is 20.8. The van der Waals surface area contributed by atoms with E-state index >= 15 is 0 Å². The molecule has 9 heteroatoms. The van der Waals surface area contributed by atoms with Gasteiger partial charge in [0.25, 0.3) is 0 Å². The first-order valence-corrected chi connectivity index (χ1v) is 12.0. The molecule has 0 aromatic rings. The van der Waals surface area contributed by atoms with Crippen LogP contribution in [0, 0.1) is 11.3 Å². The Labute approximate surface area is 205 Å². The van der Waals surface area contributed by atoms with Crippen LogP contribution in [0.2, 0.25) is 0 Å². The van der Waals surface area contributed by atoms with Gasteiger partial charge in [0.15, 0.2) is 0 Å². The summed E-state index contributed by atoms with van der Waals surface area (Å²) in [7, 11) is 0. The van der Waals surface area contributed by atoms with E-state index in [2.05, 4.69) is 0 Å². The fourth-order valence-corrected chi connectivity index (χ4v) is 5.75. The van der Waals surface area contributed by atoms with Crippen LogP contribution in [-0.2, 0) is 38.1 Å². The van der Waals surface area contributed by atoms with Crippen molar-refractivity contribution in [2.24, 2.45) is 11.3 Å². The molecule has 192 valence electrons. The molecule has 35 heavy (non-hydrogen) atoms. The highest BCUT2D eigenvalue weighted by atomic mass is 16.6. The largest absolute Gasteiger partial charge is 0.478 e. The molecule has 0 aromatic carbocycles. The summed E-state index contributed by atoms with van der Waals surface area (Å²) in [6.45, 7) is 7.33. The highest BCUT2D eigenvalue weighted by Crippen LogP contribution is 2.65. The highest BCUT2D eigenvalue weighted by molar-refractivity contribution is 5.90. The second-order valence-corrected chi connectivity index (χ2v) is 9.51. The first kappa shape index (κ1) is 26.7. The van der Waals surface area contributed by atoms with E-state index in [0.717, 1.165) is 0 Å². The van der Waals surface area contributed by atoms with Crippen LogP contribution in [0.25, 0.3) is 0 Å². The Bertz CT molecular complexity index is 977. The van der Waals surface area contributed by atoms with Crippen molar-refractivity contribution in [2.45, 2.75) is 71.0 Å². The van der Waals surface area contributed by atoms with Gasteiger partial charge in [-0.1, -0.05) is 18.2 Å². The van der Waals surface area contributed by atoms with Crippen molar-refractivity contribution in [3.05, 3.63) is 35.5 Å². The summed E-state index contributed by atoms with van der Waals surface area (Å²) in [5.74, 6) is -2.88. The molecule has 2 fully saturated rings. The van der Waals surface area contributed by atoms with Gasteiger partial charge in [-0.3, -0.25) is 9.59 Å². The van der Waals surface area contributed by atoms with Gasteiger partial charge in [-0.15, -0.1) is 0 Å². The number of carboxylic acid groups (broad SMARTS) is 1. The van der Waals surface area contributed by atoms with Gasteiger partial charge in [0.1, 0.15) is 23.2 Å². The second kappa shape index (κ2) is 10.4. The molecule has 1 heterocycles. The smallest absolute Gasteiger partial charge is 0.333 e. The number of aliphatic carboxylic acids is 1. The number of carbonyl (C=O) groups is 4. The number of carboxylic acids is 1. The lowest BCUT2D eigenvalue weighted by molar-refractivity contribution is -0.235. The summed E-state index contributed by atoms with van der Waals surface area (Å²) >= 11 is 0. The summed E-state index contributed by atoms with van der Waals surface area (Å²) in [4.78, 5) is 49.7. The first-order chi connectivity index (χ1) is 16.5. The SMILES string of the molecule is CCOCCOC(=O)C1=CC[C@@]23CC[C@@H]([C@@](C)(/C=C/C=C(\C)C(=O)O)OC2=O)[C@@]3(OC(C)=O)CC1. The van der Waals surface area contributed by atoms with Crippen LogP contribution in [0.4, 0.5) is 0 Å². The number of rotatable bonds is 9. The Kier molecular flexibility index (Phi) is 7.89. The van der Waals surface area contributed by atoms with Gasteiger partial charge >= 0.3 is 23.9 Å². The van der Waals surface area contributed by atoms with Crippen LogP contribution in [0.5, 0.6) is 0 Å². The minimum Gasteiger partial charge on any atom is -0.478 e. The van der Waals surface area contributed by atoms with Gasteiger partial charge in [0, 0.05) is 30.6 Å². The molecular weight excluding hydrogens is 456 g/mol. The maximum absolute atomic E-state index is 13.6. The minimum atomic E-state index is -1.16. The lowest BCUT2D eigenvalue weighted by Crippen LogP contribution is -2.65. The van der Waals surface area contributed by atoms with Gasteiger partial charge in [0.2, 0.25) is 0 Å². The van der Waals surface area contributed by atoms with Crippen molar-refractivity contribution < 1.29 is 43.2 Å². The summed E-state index contributed by atoms with van der Waals surface area (Å²) in [6, 6.07) is 0. The maximum Gasteiger partial charge on any atom is 0.333 e. The van der Waals surface area contributed by atoms with Crippen molar-refractivity contribution in [2.75, 3.05) is 19.8 Å². The molecule has 0 unspecified atom stereocenters. The quantitative estimate of drug-likeness (QED) is 0.170. The predicted octanol–water partition coefficient (Wildman–Crippen LogP) is 3.28. The van der Waals surface area contributed by atoms with Crippen molar-refractivity contribution in [3.63, 3.8) is 0 Å². The molecule has 0 radical (unpaired) electrons. The summed E-state index contributed by atoms with van der Waals surface area (Å²) in [6.07, 6.45) is 8.13. The molecular formula is C26H34O9. The molecule has 1 saturated carbocycles. The molecule has 3 rings (SSSR count). The van der Waals surface area contributed by atoms with E-state index in [9.17, 15) is 19.2 Å². The van der Waals surface area contributed by atoms with Crippen molar-refractivity contribution in [1.29, 1.82) is 0 Å². The monoisotopic (exact) mass is 490 g/mol. The summed E-state index contributed by atoms with van der Waals surface area (Å²) in [5.41, 5.74) is -2.81. The van der Waals surface area contributed by atoms with E-state index < -0.39 is 40.5 Å². The molecule has 4 atom stereocenters. The molecule has 1 saturated heterocycles. The molecule has 1 aliphatic heterocycles. The molecule has 0 amide bonds. The van der Waals surface area contributed by atoms with Gasteiger partial charge in [-0.2, -0.15) is 0 Å². The number of allylic oxidation sites excluding steroid dienone is 3. The van der Waals surface area contributed by atoms with Crippen LogP contribution >= 0.6 is 0 Å². The third-order valence-electron chi connectivity index (χ3n) is 7.45. The van der Waals surface area contributed by atoms with Crippen LogP contribution in [-0.4, -0.2) is 60.0 Å². The lowest BCUT2D eigenvalue weighted by atomic mass is 9.62. The van der Waals surface area contributed by atoms with Crippen molar-refractivity contribution in [3.8, 4) is 0 Å². The Morgan fingerprint density at radius 2 is 1.97 bits per heavy atom. The molecule has 3 aliphatic rings. The number of hydrogen-bond donors (Lipinski definition) is 1. The number of hydrogen-bond acceptors (Lipinski definition) is 8. The first-order valence-electron chi connectivity index (χ1n) is 12.0. The van der Waals surface area contributed by atoms with E-state index in [0.29, 0.717) is 31.6 Å². The predicted molar refractivity (Wildman–Crippen MR) is 124 cm³/mol. The standard InChI is InChI=1S/C26H34O9/c1-5-32-15-16-33-22(30)19-8-12-25-13-10-20(26(25,14-9-19)34-18(3)27)24(4,35-23(25)31)11-6-7-17(2)21(28)29/h6-8,11,20H,5,9-10,12-16H2,1-4H3,(H,28,29)/b11-6+,17-7+/t20-,24+,25+,26-/m0/s1. The van der Waals surface area contributed by atoms with E-state index in [1.165, 1.54) is 19.9 Å². The fraction of sp³-hybridized carbons (Fsp3) is 0.615. The summed E-state index contributed by atoms with van der Waals surface area (Å²) in [5, 5.41) is 9.11. The van der Waals surface area contributed by atoms with Gasteiger partial charge in [-0.05, 0) is 59.0 Å². The maximum atomic E-state index is 13.6. The van der Waals surface area contributed by atoms with Crippen molar-refractivity contribution in [1.82, 2.24) is 0 Å². The van der Waals surface area contributed by atoms with Crippen LogP contribution in [0.1, 0.15) is 59.8 Å². The van der Waals surface area contributed by atoms with E-state index in [1.807, 2.05) is 6.92 Å². The average molecular weight is 491 g/mol. The van der Waals surface area contributed by atoms with Crippen LogP contribution in [0.15, 0.2) is 35.5 Å². The summed E-state index contributed by atoms with van der Waals surface area (Å²) < 4.78 is 22.5. The number of ether oxygens (including phenoxy) is 4. The topological polar surface area (TPSA) is 125 Å². The van der Waals surface area contributed by atoms with E-state index in [1.54, 1.807) is 25.2 Å². The normalized spacial score (nSPS) is 32.3. The Morgan fingerprint density at radius 1 is 1.23 bits per heavy atom. The number of esters is 3. The highest BCUT2D eigenvalue weighted by Gasteiger charge is 2.74. The molecule has 2 bridgehead atoms. The number of cyclic esters (lactones) is 1. The minimum absolute atomic E-state index is 0.126. The molecule has 0 aromatic heterocycles. The lowest BCUT2D eigenvalue weighted by Gasteiger charge is -2.54. The second-order valence-electron chi connectivity index (χ2n) is 9.51. The molecule has 2 aliphatic carbocycles. The Morgan fingerprint density at radius 3 is 2.63 bits per heavy atom.